The fourth-order valence-corrected chi connectivity index (χ4v) is 3.03. The smallest absolute Gasteiger partial charge is 0.410 e. The molecule has 1 aromatic rings. The lowest BCUT2D eigenvalue weighted by Gasteiger charge is -2.33. The van der Waals surface area contributed by atoms with Gasteiger partial charge in [0.2, 0.25) is 0 Å². The molecule has 0 atom stereocenters. The van der Waals surface area contributed by atoms with Gasteiger partial charge in [0.1, 0.15) is 0 Å². The van der Waals surface area contributed by atoms with Crippen LogP contribution in [0, 0.1) is 0 Å². The summed E-state index contributed by atoms with van der Waals surface area (Å²) in [5.41, 5.74) is 0. The van der Waals surface area contributed by atoms with Gasteiger partial charge >= 0.3 is 6.09 Å². The number of hydrogen-bond donors (Lipinski definition) is 1. The second kappa shape index (κ2) is 10.4. The molecule has 1 N–H and O–H groups in total. The highest BCUT2D eigenvalue weighted by Gasteiger charge is 2.22. The molecule has 26 heavy (non-hydrogen) atoms. The predicted octanol–water partition coefficient (Wildman–Crippen LogP) is 2.26. The maximum Gasteiger partial charge on any atom is 0.410 e. The molecule has 1 saturated heterocycles. The number of piperazine rings is 1. The first-order valence-electron chi connectivity index (χ1n) is 8.42. The summed E-state index contributed by atoms with van der Waals surface area (Å²) in [6.45, 7) is 3.76. The Kier molecular flexibility index (Phi) is 8.28. The third-order valence-corrected chi connectivity index (χ3v) is 4.62. The first-order valence-corrected chi connectivity index (χ1v) is 9.18. The van der Waals surface area contributed by atoms with Gasteiger partial charge in [-0.15, -0.1) is 0 Å². The summed E-state index contributed by atoms with van der Waals surface area (Å²) in [6.07, 6.45) is 0.368. The van der Waals surface area contributed by atoms with Crippen LogP contribution in [0.3, 0.4) is 0 Å². The minimum atomic E-state index is -0.454. The zero-order valence-electron chi connectivity index (χ0n) is 14.7. The molecule has 1 aliphatic heterocycles. The van der Waals surface area contributed by atoms with Crippen molar-refractivity contribution in [3.8, 4) is 5.75 Å². The summed E-state index contributed by atoms with van der Waals surface area (Å²) in [5, 5.41) is 3.41. The number of ether oxygens (including phenoxy) is 2. The van der Waals surface area contributed by atoms with E-state index in [9.17, 15) is 9.59 Å². The summed E-state index contributed by atoms with van der Waals surface area (Å²) in [4.78, 5) is 26.8. The van der Waals surface area contributed by atoms with Crippen molar-refractivity contribution < 1.29 is 19.1 Å². The number of benzene rings is 1. The molecule has 0 bridgehead atoms. The van der Waals surface area contributed by atoms with Crippen molar-refractivity contribution in [3.63, 3.8) is 0 Å². The van der Waals surface area contributed by atoms with Crippen molar-refractivity contribution in [1.29, 1.82) is 0 Å². The first-order chi connectivity index (χ1) is 12.5. The topological polar surface area (TPSA) is 71.1 Å². The Morgan fingerprint density at radius 3 is 2.42 bits per heavy atom. The Morgan fingerprint density at radius 1 is 1.15 bits per heavy atom. The van der Waals surface area contributed by atoms with Gasteiger partial charge in [-0.25, -0.2) is 4.79 Å². The number of hydrogen-bond acceptors (Lipinski definition) is 5. The maximum atomic E-state index is 11.9. The van der Waals surface area contributed by atoms with E-state index in [1.807, 2.05) is 0 Å². The molecule has 0 saturated carbocycles. The largest absolute Gasteiger partial charge is 0.490 e. The Balaban J connectivity index is 1.63. The second-order valence-corrected chi connectivity index (χ2v) is 6.62. The molecule has 0 aromatic heterocycles. The number of para-hydroxylation sites is 1. The van der Waals surface area contributed by atoms with Crippen LogP contribution in [-0.4, -0.2) is 74.8 Å². The fourth-order valence-electron chi connectivity index (χ4n) is 2.53. The van der Waals surface area contributed by atoms with E-state index in [-0.39, 0.29) is 12.5 Å². The van der Waals surface area contributed by atoms with E-state index in [0.29, 0.717) is 35.5 Å². The monoisotopic (exact) mass is 403 g/mol. The van der Waals surface area contributed by atoms with Gasteiger partial charge in [0, 0.05) is 39.8 Å². The van der Waals surface area contributed by atoms with Crippen molar-refractivity contribution in [2.24, 2.45) is 0 Å². The van der Waals surface area contributed by atoms with Crippen LogP contribution in [0.15, 0.2) is 18.2 Å². The van der Waals surface area contributed by atoms with Crippen LogP contribution < -0.4 is 10.1 Å². The summed E-state index contributed by atoms with van der Waals surface area (Å²) >= 11 is 12.1. The summed E-state index contributed by atoms with van der Waals surface area (Å²) in [6, 6.07) is 5.26. The highest BCUT2D eigenvalue weighted by atomic mass is 35.5. The van der Waals surface area contributed by atoms with E-state index in [1.165, 1.54) is 7.05 Å². The van der Waals surface area contributed by atoms with E-state index in [4.69, 9.17) is 32.7 Å². The predicted molar refractivity (Wildman–Crippen MR) is 100 cm³/mol. The average Bonchev–Trinajstić information content (AvgIpc) is 2.65. The van der Waals surface area contributed by atoms with Crippen LogP contribution in [0.2, 0.25) is 10.0 Å². The number of nitrogens with one attached hydrogen (secondary N) is 1. The first kappa shape index (κ1) is 20.6. The number of rotatable bonds is 7. The zero-order valence-corrected chi connectivity index (χ0v) is 16.2. The SMILES string of the molecule is CNC(=O)COC(=O)N1CCN(CCCOc2c(Cl)cccc2Cl)CC1. The highest BCUT2D eigenvalue weighted by Crippen LogP contribution is 2.32. The van der Waals surface area contributed by atoms with Crippen LogP contribution in [0.25, 0.3) is 0 Å². The second-order valence-electron chi connectivity index (χ2n) is 5.81. The van der Waals surface area contributed by atoms with E-state index >= 15 is 0 Å². The van der Waals surface area contributed by atoms with E-state index in [1.54, 1.807) is 23.1 Å². The lowest BCUT2D eigenvalue weighted by molar-refractivity contribution is -0.123. The molecule has 7 nitrogen and oxygen atoms in total. The van der Waals surface area contributed by atoms with Gasteiger partial charge in [0.25, 0.3) is 5.91 Å². The molecule has 0 radical (unpaired) electrons. The normalized spacial score (nSPS) is 14.8. The third-order valence-electron chi connectivity index (χ3n) is 4.02. The van der Waals surface area contributed by atoms with Crippen molar-refractivity contribution in [3.05, 3.63) is 28.2 Å². The van der Waals surface area contributed by atoms with Crippen LogP contribution in [-0.2, 0) is 9.53 Å². The van der Waals surface area contributed by atoms with Crippen molar-refractivity contribution >= 4 is 35.2 Å². The summed E-state index contributed by atoms with van der Waals surface area (Å²) < 4.78 is 10.6. The number of carbonyl (C=O) groups is 2. The fraction of sp³-hybridized carbons (Fsp3) is 0.529. The Hall–Kier alpha value is -1.70. The van der Waals surface area contributed by atoms with Gasteiger partial charge in [-0.05, 0) is 18.6 Å². The molecule has 1 fully saturated rings. The molecule has 9 heteroatoms. The van der Waals surface area contributed by atoms with Crippen molar-refractivity contribution in [1.82, 2.24) is 15.1 Å². The summed E-state index contributed by atoms with van der Waals surface area (Å²) in [5.74, 6) is 0.190. The number of amides is 2. The van der Waals surface area contributed by atoms with Gasteiger partial charge in [0.15, 0.2) is 12.4 Å². The van der Waals surface area contributed by atoms with E-state index in [2.05, 4.69) is 10.2 Å². The Bertz CT molecular complexity index is 602. The van der Waals surface area contributed by atoms with Crippen LogP contribution in [0.1, 0.15) is 6.42 Å². The average molecular weight is 404 g/mol. The summed E-state index contributed by atoms with van der Waals surface area (Å²) in [7, 11) is 1.50. The molecule has 1 aromatic carbocycles. The van der Waals surface area contributed by atoms with Gasteiger partial charge in [0.05, 0.1) is 16.7 Å². The van der Waals surface area contributed by atoms with Crippen LogP contribution in [0.5, 0.6) is 5.75 Å². The van der Waals surface area contributed by atoms with Gasteiger partial charge in [-0.3, -0.25) is 9.69 Å². The number of carbonyl (C=O) groups excluding carboxylic acids is 2. The number of likely N-dealkylation sites (N-methyl/N-ethyl adjacent to an activating group) is 1. The van der Waals surface area contributed by atoms with Crippen LogP contribution >= 0.6 is 23.2 Å². The molecule has 1 aliphatic rings. The quantitative estimate of drug-likeness (QED) is 0.706. The molecular weight excluding hydrogens is 381 g/mol. The standard InChI is InChI=1S/C17H23Cl2N3O4/c1-20-15(23)12-26-17(24)22-9-7-21(8-10-22)6-3-11-25-16-13(18)4-2-5-14(16)19/h2,4-5H,3,6-12H2,1H3,(H,20,23). The third kappa shape index (κ3) is 6.23. The molecule has 0 aliphatic carbocycles. The molecule has 1 heterocycles. The van der Waals surface area contributed by atoms with E-state index < -0.39 is 6.09 Å². The van der Waals surface area contributed by atoms with Crippen molar-refractivity contribution in [2.75, 3.05) is 53.0 Å². The van der Waals surface area contributed by atoms with Gasteiger partial charge < -0.3 is 19.7 Å². The molecule has 2 amide bonds. The lowest BCUT2D eigenvalue weighted by atomic mass is 10.3. The van der Waals surface area contributed by atoms with Gasteiger partial charge in [-0.1, -0.05) is 29.3 Å². The van der Waals surface area contributed by atoms with E-state index in [0.717, 1.165) is 26.1 Å². The maximum absolute atomic E-state index is 11.9. The molecule has 0 spiro atoms. The molecule has 0 unspecified atom stereocenters. The minimum Gasteiger partial charge on any atom is -0.490 e. The lowest BCUT2D eigenvalue weighted by Crippen LogP contribution is -2.49. The molecule has 2 rings (SSSR count). The number of halogens is 2. The molecule has 144 valence electrons. The highest BCUT2D eigenvalue weighted by molar-refractivity contribution is 6.37. The van der Waals surface area contributed by atoms with Crippen molar-refractivity contribution in [2.45, 2.75) is 6.42 Å². The Labute approximate surface area is 163 Å². The zero-order chi connectivity index (χ0) is 18.9. The Morgan fingerprint density at radius 2 is 1.81 bits per heavy atom. The minimum absolute atomic E-state index is 0.252. The number of nitrogens with zero attached hydrogens (tertiary/aromatic N) is 2. The van der Waals surface area contributed by atoms with Crippen LogP contribution in [0.4, 0.5) is 4.79 Å². The molecular formula is C17H23Cl2N3O4. The van der Waals surface area contributed by atoms with Gasteiger partial charge in [-0.2, -0.15) is 0 Å².